The molecule has 2 nitrogen and oxygen atoms in total. The molecule has 76 valence electrons. The molecule has 1 spiro atoms. The van der Waals surface area contributed by atoms with E-state index in [9.17, 15) is 0 Å². The van der Waals surface area contributed by atoms with Crippen molar-refractivity contribution in [2.24, 2.45) is 0 Å². The summed E-state index contributed by atoms with van der Waals surface area (Å²) < 4.78 is 0. The van der Waals surface area contributed by atoms with Gasteiger partial charge in [0.25, 0.3) is 0 Å². The molecule has 0 aromatic heterocycles. The zero-order chi connectivity index (χ0) is 9.15. The number of piperidine rings is 1. The predicted octanol–water partition coefficient (Wildman–Crippen LogP) is 1.52. The number of hydrogen-bond donors (Lipinski definition) is 1. The van der Waals surface area contributed by atoms with Crippen LogP contribution < -0.4 is 5.32 Å². The van der Waals surface area contributed by atoms with Crippen molar-refractivity contribution >= 4 is 11.8 Å². The minimum Gasteiger partial charge on any atom is -0.317 e. The van der Waals surface area contributed by atoms with E-state index in [1.54, 1.807) is 0 Å². The molecule has 0 bridgehead atoms. The molecule has 3 heteroatoms. The Morgan fingerprint density at radius 3 is 2.85 bits per heavy atom. The van der Waals surface area contributed by atoms with Gasteiger partial charge in [-0.25, -0.2) is 0 Å². The van der Waals surface area contributed by atoms with E-state index >= 15 is 0 Å². The van der Waals surface area contributed by atoms with Gasteiger partial charge in [-0.15, -0.1) is 11.8 Å². The lowest BCUT2D eigenvalue weighted by Crippen LogP contribution is -2.54. The first-order valence-corrected chi connectivity index (χ1v) is 6.46. The number of hydrogen-bond acceptors (Lipinski definition) is 3. The average molecular weight is 200 g/mol. The van der Waals surface area contributed by atoms with Crippen LogP contribution in [0.5, 0.6) is 0 Å². The molecule has 1 N–H and O–H groups in total. The molecule has 13 heavy (non-hydrogen) atoms. The van der Waals surface area contributed by atoms with E-state index < -0.39 is 0 Å². The van der Waals surface area contributed by atoms with Crippen molar-refractivity contribution in [3.63, 3.8) is 0 Å². The lowest BCUT2D eigenvalue weighted by Gasteiger charge is -2.48. The Kier molecular flexibility index (Phi) is 3.17. The minimum atomic E-state index is 0.512. The minimum absolute atomic E-state index is 0.512. The predicted molar refractivity (Wildman–Crippen MR) is 59.2 cm³/mol. The first kappa shape index (κ1) is 9.81. The average Bonchev–Trinajstić information content (AvgIpc) is 2.20. The van der Waals surface area contributed by atoms with E-state index in [1.165, 1.54) is 51.2 Å². The summed E-state index contributed by atoms with van der Waals surface area (Å²) in [6.07, 6.45) is 4.06. The molecule has 2 saturated heterocycles. The monoisotopic (exact) mass is 200 g/mol. The fraction of sp³-hybridized carbons (Fsp3) is 1.00. The van der Waals surface area contributed by atoms with Crippen LogP contribution in [0.2, 0.25) is 0 Å². The summed E-state index contributed by atoms with van der Waals surface area (Å²) in [5.41, 5.74) is 0. The molecule has 0 atom stereocenters. The van der Waals surface area contributed by atoms with Gasteiger partial charge in [-0.2, -0.15) is 0 Å². The summed E-state index contributed by atoms with van der Waals surface area (Å²) in [6, 6.07) is 0. The second-order valence-corrected chi connectivity index (χ2v) is 5.43. The molecule has 0 saturated carbocycles. The van der Waals surface area contributed by atoms with E-state index in [-0.39, 0.29) is 0 Å². The Labute approximate surface area is 85.4 Å². The molecule has 0 amide bonds. The largest absolute Gasteiger partial charge is 0.317 e. The molecule has 0 unspecified atom stereocenters. The van der Waals surface area contributed by atoms with Crippen LogP contribution in [0.15, 0.2) is 0 Å². The molecule has 0 aromatic carbocycles. The first-order valence-electron chi connectivity index (χ1n) is 5.47. The molecule has 2 fully saturated rings. The second kappa shape index (κ2) is 4.20. The van der Waals surface area contributed by atoms with Crippen molar-refractivity contribution in [1.82, 2.24) is 10.2 Å². The van der Waals surface area contributed by atoms with Gasteiger partial charge in [-0.05, 0) is 44.6 Å². The van der Waals surface area contributed by atoms with Crippen molar-refractivity contribution in [3.8, 4) is 0 Å². The maximum absolute atomic E-state index is 3.46. The van der Waals surface area contributed by atoms with Crippen molar-refractivity contribution in [2.45, 2.75) is 31.1 Å². The topological polar surface area (TPSA) is 15.3 Å². The Hall–Kier alpha value is 0.270. The highest BCUT2D eigenvalue weighted by molar-refractivity contribution is 8.00. The Morgan fingerprint density at radius 2 is 2.15 bits per heavy atom. The summed E-state index contributed by atoms with van der Waals surface area (Å²) >= 11 is 2.21. The highest BCUT2D eigenvalue weighted by atomic mass is 32.2. The van der Waals surface area contributed by atoms with Gasteiger partial charge in [0.15, 0.2) is 0 Å². The van der Waals surface area contributed by atoms with E-state index in [2.05, 4.69) is 28.9 Å². The van der Waals surface area contributed by atoms with E-state index in [0.29, 0.717) is 4.87 Å². The highest BCUT2D eigenvalue weighted by Crippen LogP contribution is 2.40. The van der Waals surface area contributed by atoms with Gasteiger partial charge in [-0.3, -0.25) is 4.90 Å². The third-order valence-electron chi connectivity index (χ3n) is 3.29. The van der Waals surface area contributed by atoms with Crippen LogP contribution in [0, 0.1) is 0 Å². The van der Waals surface area contributed by atoms with Crippen LogP contribution in [0.3, 0.4) is 0 Å². The number of rotatable bonds is 1. The zero-order valence-corrected chi connectivity index (χ0v) is 9.33. The number of nitrogens with one attached hydrogen (secondary N) is 1. The van der Waals surface area contributed by atoms with Crippen LogP contribution in [-0.4, -0.2) is 41.7 Å². The van der Waals surface area contributed by atoms with Gasteiger partial charge in [0.1, 0.15) is 0 Å². The molecule has 2 heterocycles. The smallest absolute Gasteiger partial charge is 0.0694 e. The molecule has 2 aliphatic rings. The second-order valence-electron chi connectivity index (χ2n) is 3.98. The van der Waals surface area contributed by atoms with Gasteiger partial charge in [0.2, 0.25) is 0 Å². The van der Waals surface area contributed by atoms with Crippen LogP contribution in [0.4, 0.5) is 0 Å². The van der Waals surface area contributed by atoms with Gasteiger partial charge >= 0.3 is 0 Å². The molecule has 0 radical (unpaired) electrons. The summed E-state index contributed by atoms with van der Waals surface area (Å²) in [5, 5.41) is 3.46. The molecule has 2 aliphatic heterocycles. The molecule has 2 rings (SSSR count). The van der Waals surface area contributed by atoms with Crippen LogP contribution in [-0.2, 0) is 0 Å². The molecular weight excluding hydrogens is 180 g/mol. The normalized spacial score (nSPS) is 29.3. The van der Waals surface area contributed by atoms with Crippen LogP contribution in [0.1, 0.15) is 26.2 Å². The molecular formula is C10H20N2S. The van der Waals surface area contributed by atoms with Crippen LogP contribution in [0.25, 0.3) is 0 Å². The van der Waals surface area contributed by atoms with Gasteiger partial charge in [0, 0.05) is 6.54 Å². The SMILES string of the molecule is CCN1CCCSC12CCNCC2. The lowest BCUT2D eigenvalue weighted by atomic mass is 10.0. The Balaban J connectivity index is 2.06. The van der Waals surface area contributed by atoms with Gasteiger partial charge in [-0.1, -0.05) is 6.92 Å². The maximum Gasteiger partial charge on any atom is 0.0694 e. The summed E-state index contributed by atoms with van der Waals surface area (Å²) in [4.78, 5) is 3.21. The van der Waals surface area contributed by atoms with E-state index in [0.717, 1.165) is 0 Å². The van der Waals surface area contributed by atoms with Crippen LogP contribution >= 0.6 is 11.8 Å². The highest BCUT2D eigenvalue weighted by Gasteiger charge is 2.39. The van der Waals surface area contributed by atoms with Crippen molar-refractivity contribution in [1.29, 1.82) is 0 Å². The first-order chi connectivity index (χ1) is 6.37. The summed E-state index contributed by atoms with van der Waals surface area (Å²) in [6.45, 7) is 7.28. The fourth-order valence-corrected chi connectivity index (χ4v) is 4.09. The number of thioether (sulfide) groups is 1. The van der Waals surface area contributed by atoms with E-state index in [1.807, 2.05) is 0 Å². The molecule has 0 aliphatic carbocycles. The maximum atomic E-state index is 3.46. The van der Waals surface area contributed by atoms with Gasteiger partial charge in [0.05, 0.1) is 4.87 Å². The van der Waals surface area contributed by atoms with E-state index in [4.69, 9.17) is 0 Å². The fourth-order valence-electron chi connectivity index (χ4n) is 2.54. The quantitative estimate of drug-likeness (QED) is 0.691. The third kappa shape index (κ3) is 1.88. The van der Waals surface area contributed by atoms with Crippen molar-refractivity contribution in [2.75, 3.05) is 31.9 Å². The lowest BCUT2D eigenvalue weighted by molar-refractivity contribution is 0.134. The molecule has 0 aromatic rings. The summed E-state index contributed by atoms with van der Waals surface area (Å²) in [7, 11) is 0. The van der Waals surface area contributed by atoms with Crippen molar-refractivity contribution in [3.05, 3.63) is 0 Å². The third-order valence-corrected chi connectivity index (χ3v) is 4.98. The number of nitrogens with zero attached hydrogens (tertiary/aromatic N) is 1. The van der Waals surface area contributed by atoms with Crippen molar-refractivity contribution < 1.29 is 0 Å². The summed E-state index contributed by atoms with van der Waals surface area (Å²) in [5.74, 6) is 1.37. The standard InChI is InChI=1S/C10H20N2S/c1-2-12-8-3-9-13-10(12)4-6-11-7-5-10/h11H,2-9H2,1H3. The van der Waals surface area contributed by atoms with Gasteiger partial charge < -0.3 is 5.32 Å². The Bertz CT molecular complexity index is 158. The Morgan fingerprint density at radius 1 is 1.38 bits per heavy atom. The zero-order valence-electron chi connectivity index (χ0n) is 8.51.